The molecule has 0 saturated carbocycles. The molecule has 1 aliphatic rings. The molecule has 10 nitrogen and oxygen atoms in total. The SMILES string of the molecule is CCC[C@@]1(O)[C@@H](C(O)C(c2ccccc2)(c2ccc(OC)cc2)c2ccc(OC)cc2)O[C@@H](n2cc(C)c(=O)[nH]c2=O)[C@@H]1O. The Morgan fingerprint density at radius 1 is 0.932 bits per heavy atom. The summed E-state index contributed by atoms with van der Waals surface area (Å²) in [6.45, 7) is 3.36. The average molecular weight is 603 g/mol. The number of rotatable bonds is 10. The van der Waals surface area contributed by atoms with Crippen molar-refractivity contribution in [3.8, 4) is 11.5 Å². The number of aromatic amines is 1. The quantitative estimate of drug-likeness (QED) is 0.203. The van der Waals surface area contributed by atoms with Crippen molar-refractivity contribution in [3.63, 3.8) is 0 Å². The smallest absolute Gasteiger partial charge is 0.330 e. The molecule has 1 saturated heterocycles. The number of hydrogen-bond acceptors (Lipinski definition) is 8. The van der Waals surface area contributed by atoms with Gasteiger partial charge < -0.3 is 29.5 Å². The van der Waals surface area contributed by atoms with Gasteiger partial charge in [-0.15, -0.1) is 0 Å². The second kappa shape index (κ2) is 12.4. The minimum Gasteiger partial charge on any atom is -0.497 e. The summed E-state index contributed by atoms with van der Waals surface area (Å²) in [4.78, 5) is 27.2. The van der Waals surface area contributed by atoms with Crippen molar-refractivity contribution < 1.29 is 29.5 Å². The molecule has 1 aliphatic heterocycles. The average Bonchev–Trinajstić information content (AvgIpc) is 3.30. The lowest BCUT2D eigenvalue weighted by atomic mass is 9.62. The Balaban J connectivity index is 1.77. The van der Waals surface area contributed by atoms with E-state index in [2.05, 4.69) is 4.98 Å². The summed E-state index contributed by atoms with van der Waals surface area (Å²) < 4.78 is 18.3. The van der Waals surface area contributed by atoms with Gasteiger partial charge in [0.15, 0.2) is 6.23 Å². The summed E-state index contributed by atoms with van der Waals surface area (Å²) >= 11 is 0. The first kappa shape index (κ1) is 31.2. The number of aliphatic hydroxyl groups excluding tert-OH is 2. The highest BCUT2D eigenvalue weighted by atomic mass is 16.6. The van der Waals surface area contributed by atoms with E-state index in [-0.39, 0.29) is 12.0 Å². The Kier molecular flexibility index (Phi) is 8.80. The molecule has 5 rings (SSSR count). The Morgan fingerprint density at radius 3 is 1.95 bits per heavy atom. The molecule has 1 fully saturated rings. The van der Waals surface area contributed by atoms with Gasteiger partial charge in [0.1, 0.15) is 35.4 Å². The summed E-state index contributed by atoms with van der Waals surface area (Å²) in [6.07, 6.45) is -4.14. The van der Waals surface area contributed by atoms with Crippen molar-refractivity contribution in [1.29, 1.82) is 0 Å². The Labute approximate surface area is 255 Å². The predicted octanol–water partition coefficient (Wildman–Crippen LogP) is 3.05. The van der Waals surface area contributed by atoms with E-state index in [1.807, 2.05) is 61.5 Å². The molecular formula is C34H38N2O8. The minimum absolute atomic E-state index is 0.0551. The fourth-order valence-corrected chi connectivity index (χ4v) is 6.44. The number of methoxy groups -OCH3 is 2. The van der Waals surface area contributed by atoms with Crippen LogP contribution in [0.4, 0.5) is 0 Å². The van der Waals surface area contributed by atoms with Gasteiger partial charge in [-0.3, -0.25) is 14.3 Å². The summed E-state index contributed by atoms with van der Waals surface area (Å²) in [5, 5.41) is 36.7. The molecule has 2 heterocycles. The van der Waals surface area contributed by atoms with Crippen LogP contribution in [-0.4, -0.2) is 63.0 Å². The summed E-state index contributed by atoms with van der Waals surface area (Å²) in [5.74, 6) is 1.23. The van der Waals surface area contributed by atoms with Gasteiger partial charge in [-0.25, -0.2) is 4.79 Å². The summed E-state index contributed by atoms with van der Waals surface area (Å²) in [6, 6.07) is 23.9. The van der Waals surface area contributed by atoms with Gasteiger partial charge in [0.2, 0.25) is 0 Å². The zero-order valence-corrected chi connectivity index (χ0v) is 25.1. The number of aliphatic hydroxyl groups is 3. The summed E-state index contributed by atoms with van der Waals surface area (Å²) in [5.41, 5.74) is -2.47. The molecule has 10 heteroatoms. The molecule has 0 amide bonds. The molecule has 1 aromatic heterocycles. The minimum atomic E-state index is -1.98. The standard InChI is InChI=1S/C34H38N2O8/c1-5-19-33(41)28(38)31(36-20-21(2)30(39)35-32(36)40)44-29(33)27(37)34(22-9-7-6-8-10-22,23-11-15-25(42-3)16-12-23)24-13-17-26(43-4)18-14-24/h6-18,20,27-29,31,37-38,41H,5,19H2,1-4H3,(H,35,39,40)/t27?,28-,29+,31+,33-/m0/s1. The molecule has 3 aromatic carbocycles. The van der Waals surface area contributed by atoms with Crippen molar-refractivity contribution >= 4 is 0 Å². The normalized spacial score (nSPS) is 22.5. The van der Waals surface area contributed by atoms with Crippen LogP contribution in [-0.2, 0) is 10.2 Å². The summed E-state index contributed by atoms with van der Waals surface area (Å²) in [7, 11) is 3.13. The van der Waals surface area contributed by atoms with E-state index in [9.17, 15) is 24.9 Å². The monoisotopic (exact) mass is 602 g/mol. The second-order valence-electron chi connectivity index (χ2n) is 11.2. The number of hydrogen-bond donors (Lipinski definition) is 4. The van der Waals surface area contributed by atoms with Crippen LogP contribution in [0.25, 0.3) is 0 Å². The Morgan fingerprint density at radius 2 is 1.45 bits per heavy atom. The first-order chi connectivity index (χ1) is 21.1. The molecule has 44 heavy (non-hydrogen) atoms. The van der Waals surface area contributed by atoms with E-state index in [1.54, 1.807) is 38.5 Å². The highest BCUT2D eigenvalue weighted by Crippen LogP contribution is 2.50. The molecule has 0 aliphatic carbocycles. The second-order valence-corrected chi connectivity index (χ2v) is 11.2. The van der Waals surface area contributed by atoms with E-state index in [4.69, 9.17) is 14.2 Å². The van der Waals surface area contributed by atoms with Crippen LogP contribution >= 0.6 is 0 Å². The fraction of sp³-hybridized carbons (Fsp3) is 0.353. The maximum Gasteiger partial charge on any atom is 0.330 e. The number of H-pyrrole nitrogens is 1. The first-order valence-corrected chi connectivity index (χ1v) is 14.5. The number of nitrogens with zero attached hydrogens (tertiary/aromatic N) is 1. The van der Waals surface area contributed by atoms with Crippen LogP contribution < -0.4 is 20.7 Å². The molecule has 4 aromatic rings. The third kappa shape index (κ3) is 5.13. The molecule has 5 atom stereocenters. The van der Waals surface area contributed by atoms with E-state index >= 15 is 0 Å². The van der Waals surface area contributed by atoms with E-state index in [0.717, 1.165) is 4.57 Å². The van der Waals surface area contributed by atoms with E-state index in [1.165, 1.54) is 13.1 Å². The molecule has 232 valence electrons. The van der Waals surface area contributed by atoms with Crippen LogP contribution in [0.2, 0.25) is 0 Å². The topological polar surface area (TPSA) is 143 Å². The van der Waals surface area contributed by atoms with Gasteiger partial charge in [0.25, 0.3) is 5.56 Å². The maximum atomic E-state index is 12.9. The Bertz CT molecular complexity index is 1640. The van der Waals surface area contributed by atoms with Crippen molar-refractivity contribution in [2.75, 3.05) is 14.2 Å². The van der Waals surface area contributed by atoms with Gasteiger partial charge in [-0.05, 0) is 54.3 Å². The van der Waals surface area contributed by atoms with Gasteiger partial charge in [0, 0.05) is 11.8 Å². The van der Waals surface area contributed by atoms with E-state index in [0.29, 0.717) is 34.6 Å². The largest absolute Gasteiger partial charge is 0.497 e. The highest BCUT2D eigenvalue weighted by molar-refractivity contribution is 5.54. The lowest BCUT2D eigenvalue weighted by Gasteiger charge is -2.45. The number of aromatic nitrogens is 2. The highest BCUT2D eigenvalue weighted by Gasteiger charge is 2.62. The molecule has 1 unspecified atom stereocenters. The lowest BCUT2D eigenvalue weighted by molar-refractivity contribution is -0.136. The van der Waals surface area contributed by atoms with Crippen molar-refractivity contribution in [1.82, 2.24) is 9.55 Å². The van der Waals surface area contributed by atoms with Gasteiger partial charge >= 0.3 is 5.69 Å². The first-order valence-electron chi connectivity index (χ1n) is 14.5. The molecule has 0 spiro atoms. The van der Waals surface area contributed by atoms with Crippen LogP contribution in [0.15, 0.2) is 94.6 Å². The van der Waals surface area contributed by atoms with Crippen molar-refractivity contribution in [3.05, 3.63) is 128 Å². The Hall–Kier alpha value is -4.22. The van der Waals surface area contributed by atoms with Gasteiger partial charge in [0.05, 0.1) is 19.6 Å². The number of aryl methyl sites for hydroxylation is 1. The fourth-order valence-electron chi connectivity index (χ4n) is 6.44. The zero-order valence-electron chi connectivity index (χ0n) is 25.1. The van der Waals surface area contributed by atoms with Crippen LogP contribution in [0.5, 0.6) is 11.5 Å². The van der Waals surface area contributed by atoms with Crippen molar-refractivity contribution in [2.45, 2.75) is 62.2 Å². The predicted molar refractivity (Wildman–Crippen MR) is 164 cm³/mol. The lowest BCUT2D eigenvalue weighted by Crippen LogP contribution is -2.58. The molecular weight excluding hydrogens is 564 g/mol. The van der Waals surface area contributed by atoms with Gasteiger partial charge in [-0.2, -0.15) is 0 Å². The maximum absolute atomic E-state index is 12.9. The van der Waals surface area contributed by atoms with Crippen LogP contribution in [0.1, 0.15) is 48.2 Å². The molecule has 4 N–H and O–H groups in total. The molecule has 0 bridgehead atoms. The third-order valence-corrected chi connectivity index (χ3v) is 8.68. The number of benzene rings is 3. The third-order valence-electron chi connectivity index (χ3n) is 8.68. The van der Waals surface area contributed by atoms with E-state index < -0.39 is 46.8 Å². The van der Waals surface area contributed by atoms with Crippen LogP contribution in [0, 0.1) is 6.92 Å². The number of ether oxygens (including phenoxy) is 3. The molecule has 0 radical (unpaired) electrons. The van der Waals surface area contributed by atoms with Gasteiger partial charge in [-0.1, -0.05) is 67.9 Å². The number of nitrogens with one attached hydrogen (secondary N) is 1. The van der Waals surface area contributed by atoms with Crippen LogP contribution in [0.3, 0.4) is 0 Å². The zero-order chi connectivity index (χ0) is 31.6. The van der Waals surface area contributed by atoms with Crippen molar-refractivity contribution in [2.24, 2.45) is 0 Å².